The molecule has 2 nitrogen and oxygen atoms in total. The number of likely N-dealkylation sites (tertiary alicyclic amines) is 1. The first-order valence-electron chi connectivity index (χ1n) is 7.68. The van der Waals surface area contributed by atoms with Crippen molar-refractivity contribution >= 4 is 10.8 Å². The molecule has 2 aromatic rings. The largest absolute Gasteiger partial charge is 0.387 e. The Morgan fingerprint density at radius 2 is 2.00 bits per heavy atom. The molecule has 0 bridgehead atoms. The third-order valence-corrected chi connectivity index (χ3v) is 4.54. The second-order valence-corrected chi connectivity index (χ2v) is 5.82. The molecule has 1 heterocycles. The lowest BCUT2D eigenvalue weighted by Gasteiger charge is -2.26. The van der Waals surface area contributed by atoms with Gasteiger partial charge in [-0.05, 0) is 48.2 Å². The molecule has 0 aliphatic carbocycles. The Hall–Kier alpha value is -1.38. The second kappa shape index (κ2) is 5.94. The van der Waals surface area contributed by atoms with Gasteiger partial charge < -0.3 is 5.11 Å². The van der Waals surface area contributed by atoms with Crippen LogP contribution in [0.4, 0.5) is 0 Å². The summed E-state index contributed by atoms with van der Waals surface area (Å²) in [5.41, 5.74) is 1.03. The molecular weight excluding hydrogens is 246 g/mol. The Morgan fingerprint density at radius 3 is 2.80 bits per heavy atom. The predicted molar refractivity (Wildman–Crippen MR) is 83.8 cm³/mol. The van der Waals surface area contributed by atoms with Crippen LogP contribution in [-0.2, 0) is 0 Å². The van der Waals surface area contributed by atoms with Gasteiger partial charge in [0.05, 0.1) is 6.10 Å². The summed E-state index contributed by atoms with van der Waals surface area (Å²) in [6.07, 6.45) is 3.35. The molecule has 2 unspecified atom stereocenters. The Kier molecular flexibility index (Phi) is 4.04. The van der Waals surface area contributed by atoms with E-state index in [2.05, 4.69) is 48.2 Å². The first-order valence-corrected chi connectivity index (χ1v) is 7.68. The van der Waals surface area contributed by atoms with Gasteiger partial charge in [0.15, 0.2) is 0 Å². The molecule has 3 rings (SSSR count). The van der Waals surface area contributed by atoms with Crippen molar-refractivity contribution < 1.29 is 5.11 Å². The normalized spacial score (nSPS) is 21.4. The summed E-state index contributed by atoms with van der Waals surface area (Å²) < 4.78 is 0. The molecule has 0 aromatic heterocycles. The fourth-order valence-corrected chi connectivity index (χ4v) is 3.34. The SMILES string of the molecule is CCC1CCCN1CC(O)c1ccc2ccccc2c1. The van der Waals surface area contributed by atoms with Crippen LogP contribution < -0.4 is 0 Å². The molecule has 2 heteroatoms. The van der Waals surface area contributed by atoms with Gasteiger partial charge in [-0.2, -0.15) is 0 Å². The van der Waals surface area contributed by atoms with Crippen LogP contribution >= 0.6 is 0 Å². The van der Waals surface area contributed by atoms with Gasteiger partial charge in [-0.25, -0.2) is 0 Å². The maximum atomic E-state index is 10.5. The maximum absolute atomic E-state index is 10.5. The third kappa shape index (κ3) is 2.72. The number of β-amino-alcohol motifs (C(OH)–C–C–N with tert-alkyl or cyclic N) is 1. The highest BCUT2D eigenvalue weighted by Gasteiger charge is 2.25. The second-order valence-electron chi connectivity index (χ2n) is 5.82. The van der Waals surface area contributed by atoms with E-state index >= 15 is 0 Å². The van der Waals surface area contributed by atoms with Gasteiger partial charge in [0.2, 0.25) is 0 Å². The number of hydrogen-bond donors (Lipinski definition) is 1. The van der Waals surface area contributed by atoms with Crippen LogP contribution in [0.25, 0.3) is 10.8 Å². The highest BCUT2D eigenvalue weighted by molar-refractivity contribution is 5.83. The van der Waals surface area contributed by atoms with E-state index in [9.17, 15) is 5.11 Å². The summed E-state index contributed by atoms with van der Waals surface area (Å²) >= 11 is 0. The Bertz CT molecular complexity index is 580. The highest BCUT2D eigenvalue weighted by Crippen LogP contribution is 2.25. The number of hydrogen-bond acceptors (Lipinski definition) is 2. The molecule has 0 spiro atoms. The number of aliphatic hydroxyl groups is 1. The Labute approximate surface area is 121 Å². The van der Waals surface area contributed by atoms with Crippen molar-refractivity contribution in [2.24, 2.45) is 0 Å². The third-order valence-electron chi connectivity index (χ3n) is 4.54. The quantitative estimate of drug-likeness (QED) is 0.914. The number of nitrogens with zero attached hydrogens (tertiary/aromatic N) is 1. The molecule has 106 valence electrons. The Morgan fingerprint density at radius 1 is 1.20 bits per heavy atom. The first kappa shape index (κ1) is 13.6. The van der Waals surface area contributed by atoms with Crippen LogP contribution in [-0.4, -0.2) is 29.1 Å². The number of fused-ring (bicyclic) bond motifs is 1. The van der Waals surface area contributed by atoms with Crippen LogP contribution in [0.5, 0.6) is 0 Å². The molecular formula is C18H23NO. The summed E-state index contributed by atoms with van der Waals surface area (Å²) in [4.78, 5) is 2.44. The van der Waals surface area contributed by atoms with Gasteiger partial charge in [-0.1, -0.05) is 43.3 Å². The van der Waals surface area contributed by atoms with Crippen molar-refractivity contribution in [3.05, 3.63) is 48.0 Å². The smallest absolute Gasteiger partial charge is 0.0917 e. The van der Waals surface area contributed by atoms with E-state index in [1.165, 1.54) is 30.0 Å². The zero-order valence-electron chi connectivity index (χ0n) is 12.1. The molecule has 2 aromatic carbocycles. The lowest BCUT2D eigenvalue weighted by Crippen LogP contribution is -2.32. The number of aliphatic hydroxyl groups excluding tert-OH is 1. The van der Waals surface area contributed by atoms with E-state index in [1.54, 1.807) is 0 Å². The van der Waals surface area contributed by atoms with Gasteiger partial charge >= 0.3 is 0 Å². The maximum Gasteiger partial charge on any atom is 0.0917 e. The van der Waals surface area contributed by atoms with Crippen molar-refractivity contribution in [3.63, 3.8) is 0 Å². The summed E-state index contributed by atoms with van der Waals surface area (Å²) in [5, 5.41) is 13.0. The molecule has 2 atom stereocenters. The molecule has 1 N–H and O–H groups in total. The minimum absolute atomic E-state index is 0.383. The van der Waals surface area contributed by atoms with Crippen LogP contribution in [0.15, 0.2) is 42.5 Å². The molecule has 0 amide bonds. The van der Waals surface area contributed by atoms with Crippen LogP contribution in [0.1, 0.15) is 37.9 Å². The van der Waals surface area contributed by atoms with E-state index < -0.39 is 0 Å². The van der Waals surface area contributed by atoms with E-state index in [0.29, 0.717) is 6.04 Å². The summed E-state index contributed by atoms with van der Waals surface area (Å²) in [5.74, 6) is 0. The van der Waals surface area contributed by atoms with Crippen LogP contribution in [0.2, 0.25) is 0 Å². The van der Waals surface area contributed by atoms with Crippen LogP contribution in [0.3, 0.4) is 0 Å². The molecule has 1 aliphatic rings. The van der Waals surface area contributed by atoms with E-state index in [-0.39, 0.29) is 6.10 Å². The van der Waals surface area contributed by atoms with Crippen molar-refractivity contribution in [2.75, 3.05) is 13.1 Å². The van der Waals surface area contributed by atoms with E-state index in [1.807, 2.05) is 6.07 Å². The van der Waals surface area contributed by atoms with Gasteiger partial charge in [0, 0.05) is 12.6 Å². The standard InChI is InChI=1S/C18H23NO/c1-2-17-8-5-11-19(17)13-18(20)16-10-9-14-6-3-4-7-15(14)12-16/h3-4,6-7,9-10,12,17-18,20H,2,5,8,11,13H2,1H3. The van der Waals surface area contributed by atoms with Crippen molar-refractivity contribution in [3.8, 4) is 0 Å². The lowest BCUT2D eigenvalue weighted by atomic mass is 10.0. The van der Waals surface area contributed by atoms with Crippen molar-refractivity contribution in [1.29, 1.82) is 0 Å². The molecule has 1 aliphatic heterocycles. The fraction of sp³-hybridized carbons (Fsp3) is 0.444. The van der Waals surface area contributed by atoms with Crippen molar-refractivity contribution in [2.45, 2.75) is 38.3 Å². The monoisotopic (exact) mass is 269 g/mol. The topological polar surface area (TPSA) is 23.5 Å². The fourth-order valence-electron chi connectivity index (χ4n) is 3.34. The van der Waals surface area contributed by atoms with Gasteiger partial charge in [0.1, 0.15) is 0 Å². The van der Waals surface area contributed by atoms with Gasteiger partial charge in [0.25, 0.3) is 0 Å². The summed E-state index contributed by atoms with van der Waals surface area (Å²) in [6.45, 7) is 4.13. The first-order chi connectivity index (χ1) is 9.78. The van der Waals surface area contributed by atoms with E-state index in [0.717, 1.165) is 18.7 Å². The molecule has 1 fully saturated rings. The molecule has 1 saturated heterocycles. The zero-order chi connectivity index (χ0) is 13.9. The molecule has 0 radical (unpaired) electrons. The van der Waals surface area contributed by atoms with Gasteiger partial charge in [-0.15, -0.1) is 0 Å². The average Bonchev–Trinajstić information content (AvgIpc) is 2.94. The average molecular weight is 269 g/mol. The predicted octanol–water partition coefficient (Wildman–Crippen LogP) is 3.75. The zero-order valence-corrected chi connectivity index (χ0v) is 12.1. The minimum atomic E-state index is -0.383. The van der Waals surface area contributed by atoms with Gasteiger partial charge in [-0.3, -0.25) is 4.90 Å². The highest BCUT2D eigenvalue weighted by atomic mass is 16.3. The number of benzene rings is 2. The number of rotatable bonds is 4. The summed E-state index contributed by atoms with van der Waals surface area (Å²) in [7, 11) is 0. The van der Waals surface area contributed by atoms with Crippen molar-refractivity contribution in [1.82, 2.24) is 4.90 Å². The molecule has 20 heavy (non-hydrogen) atoms. The van der Waals surface area contributed by atoms with Crippen LogP contribution in [0, 0.1) is 0 Å². The van der Waals surface area contributed by atoms with E-state index in [4.69, 9.17) is 0 Å². The molecule has 0 saturated carbocycles. The minimum Gasteiger partial charge on any atom is -0.387 e. The Balaban J connectivity index is 1.76. The summed E-state index contributed by atoms with van der Waals surface area (Å²) in [6, 6.07) is 15.3. The lowest BCUT2D eigenvalue weighted by molar-refractivity contribution is 0.105.